The Morgan fingerprint density at radius 1 is 1.36 bits per heavy atom. The van der Waals surface area contributed by atoms with Gasteiger partial charge in [0.2, 0.25) is 0 Å². The van der Waals surface area contributed by atoms with Gasteiger partial charge in [-0.1, -0.05) is 12.1 Å². The molecule has 0 aliphatic carbocycles. The summed E-state index contributed by atoms with van der Waals surface area (Å²) in [6.07, 6.45) is -2.52. The number of aliphatic imine (C=N–C) groups is 1. The van der Waals surface area contributed by atoms with Gasteiger partial charge in [0.15, 0.2) is 5.96 Å². The predicted octanol–water partition coefficient (Wildman–Crippen LogP) is 3.01. The maximum atomic E-state index is 12.7. The normalized spacial score (nSPS) is 18.4. The van der Waals surface area contributed by atoms with E-state index in [0.29, 0.717) is 19.6 Å². The van der Waals surface area contributed by atoms with Crippen LogP contribution in [0.2, 0.25) is 0 Å². The highest BCUT2D eigenvalue weighted by Gasteiger charge is 2.33. The Morgan fingerprint density at radius 3 is 2.68 bits per heavy atom. The second-order valence-corrected chi connectivity index (χ2v) is 7.33. The van der Waals surface area contributed by atoms with Gasteiger partial charge in [0.05, 0.1) is 12.2 Å². The molecule has 0 amide bonds. The van der Waals surface area contributed by atoms with Crippen LogP contribution in [0.25, 0.3) is 0 Å². The number of alkyl halides is 3. The van der Waals surface area contributed by atoms with Gasteiger partial charge in [0.25, 0.3) is 0 Å². The monoisotopic (exact) mass is 403 g/mol. The van der Waals surface area contributed by atoms with E-state index in [1.165, 1.54) is 4.90 Å². The summed E-state index contributed by atoms with van der Waals surface area (Å²) in [6.45, 7) is 10.5. The van der Waals surface area contributed by atoms with Gasteiger partial charge in [-0.05, 0) is 46.1 Å². The molecule has 2 heterocycles. The first kappa shape index (κ1) is 22.5. The van der Waals surface area contributed by atoms with Crippen LogP contribution in [0.5, 0.6) is 0 Å². The molecule has 1 N–H and O–H groups in total. The Kier molecular flexibility index (Phi) is 8.15. The standard InChI is InChI=1S/C19H32F3N5O/c1-5-23-18(24-9-7-17-14(3)25-28-15(17)4)27-10-8-16(12-27)11-26(6-2)13-19(20,21)22/h16H,5-13H2,1-4H3,(H,23,24). The zero-order chi connectivity index (χ0) is 20.7. The molecule has 0 radical (unpaired) electrons. The summed E-state index contributed by atoms with van der Waals surface area (Å²) in [7, 11) is 0. The van der Waals surface area contributed by atoms with Gasteiger partial charge in [0.1, 0.15) is 5.76 Å². The highest BCUT2D eigenvalue weighted by atomic mass is 19.4. The number of aryl methyl sites for hydroxylation is 2. The molecule has 28 heavy (non-hydrogen) atoms. The number of halogens is 3. The highest BCUT2D eigenvalue weighted by Crippen LogP contribution is 2.21. The van der Waals surface area contributed by atoms with Gasteiger partial charge < -0.3 is 14.7 Å². The van der Waals surface area contributed by atoms with Crippen LogP contribution in [0.3, 0.4) is 0 Å². The summed E-state index contributed by atoms with van der Waals surface area (Å²) < 4.78 is 43.3. The number of hydrogen-bond donors (Lipinski definition) is 1. The van der Waals surface area contributed by atoms with E-state index in [9.17, 15) is 13.2 Å². The van der Waals surface area contributed by atoms with Gasteiger partial charge in [-0.2, -0.15) is 13.2 Å². The minimum atomic E-state index is -4.15. The third-order valence-electron chi connectivity index (χ3n) is 5.09. The maximum absolute atomic E-state index is 12.7. The Balaban J connectivity index is 1.91. The van der Waals surface area contributed by atoms with Crippen molar-refractivity contribution >= 4 is 5.96 Å². The number of nitrogens with zero attached hydrogens (tertiary/aromatic N) is 4. The zero-order valence-electron chi connectivity index (χ0n) is 17.3. The van der Waals surface area contributed by atoms with Crippen molar-refractivity contribution in [3.05, 3.63) is 17.0 Å². The molecule has 2 rings (SSSR count). The van der Waals surface area contributed by atoms with E-state index in [1.54, 1.807) is 6.92 Å². The average Bonchev–Trinajstić information content (AvgIpc) is 3.20. The van der Waals surface area contributed by atoms with Gasteiger partial charge >= 0.3 is 6.18 Å². The third-order valence-corrected chi connectivity index (χ3v) is 5.09. The SMILES string of the molecule is CCNC(=NCCc1c(C)noc1C)N1CCC(CN(CC)CC(F)(F)F)C1. The van der Waals surface area contributed by atoms with Crippen LogP contribution in [0.4, 0.5) is 13.2 Å². The molecule has 6 nitrogen and oxygen atoms in total. The third kappa shape index (κ3) is 6.68. The number of aromatic nitrogens is 1. The Morgan fingerprint density at radius 2 is 2.11 bits per heavy atom. The molecule has 1 aromatic rings. The van der Waals surface area contributed by atoms with E-state index in [4.69, 9.17) is 9.52 Å². The molecule has 0 saturated carbocycles. The lowest BCUT2D eigenvalue weighted by molar-refractivity contribution is -0.146. The van der Waals surface area contributed by atoms with Crippen LogP contribution in [0, 0.1) is 19.8 Å². The summed E-state index contributed by atoms with van der Waals surface area (Å²) >= 11 is 0. The molecular formula is C19H32F3N5O. The molecule has 1 aliphatic heterocycles. The molecule has 1 fully saturated rings. The lowest BCUT2D eigenvalue weighted by Crippen LogP contribution is -2.42. The van der Waals surface area contributed by atoms with Crippen molar-refractivity contribution in [1.82, 2.24) is 20.3 Å². The smallest absolute Gasteiger partial charge is 0.361 e. The van der Waals surface area contributed by atoms with E-state index in [1.807, 2.05) is 20.8 Å². The van der Waals surface area contributed by atoms with Crippen molar-refractivity contribution in [3.63, 3.8) is 0 Å². The molecule has 0 spiro atoms. The number of hydrogen-bond acceptors (Lipinski definition) is 4. The molecule has 1 atom stereocenters. The summed E-state index contributed by atoms with van der Waals surface area (Å²) in [5.41, 5.74) is 1.98. The largest absolute Gasteiger partial charge is 0.401 e. The number of nitrogens with one attached hydrogen (secondary N) is 1. The van der Waals surface area contributed by atoms with E-state index in [2.05, 4.69) is 15.4 Å². The molecule has 160 valence electrons. The maximum Gasteiger partial charge on any atom is 0.401 e. The topological polar surface area (TPSA) is 56.9 Å². The zero-order valence-corrected chi connectivity index (χ0v) is 17.3. The van der Waals surface area contributed by atoms with Crippen LogP contribution in [0.15, 0.2) is 9.52 Å². The lowest BCUT2D eigenvalue weighted by Gasteiger charge is -2.26. The van der Waals surface area contributed by atoms with Crippen LogP contribution in [-0.4, -0.2) is 72.9 Å². The number of rotatable bonds is 8. The van der Waals surface area contributed by atoms with Gasteiger partial charge in [-0.15, -0.1) is 0 Å². The Bertz CT molecular complexity index is 625. The molecule has 1 saturated heterocycles. The Hall–Kier alpha value is -1.77. The van der Waals surface area contributed by atoms with Crippen LogP contribution < -0.4 is 5.32 Å². The van der Waals surface area contributed by atoms with Crippen molar-refractivity contribution in [2.45, 2.75) is 46.7 Å². The van der Waals surface area contributed by atoms with Crippen LogP contribution in [0.1, 0.15) is 37.3 Å². The minimum absolute atomic E-state index is 0.216. The lowest BCUT2D eigenvalue weighted by atomic mass is 10.1. The second-order valence-electron chi connectivity index (χ2n) is 7.33. The molecular weight excluding hydrogens is 371 g/mol. The van der Waals surface area contributed by atoms with E-state index < -0.39 is 12.7 Å². The molecule has 9 heteroatoms. The molecule has 0 aromatic carbocycles. The molecule has 1 aromatic heterocycles. The summed E-state index contributed by atoms with van der Waals surface area (Å²) in [4.78, 5) is 8.35. The fourth-order valence-electron chi connectivity index (χ4n) is 3.66. The quantitative estimate of drug-likeness (QED) is 0.534. The second kappa shape index (κ2) is 10.1. The van der Waals surface area contributed by atoms with Crippen molar-refractivity contribution in [1.29, 1.82) is 0 Å². The number of likely N-dealkylation sites (tertiary alicyclic amines) is 1. The fourth-order valence-corrected chi connectivity index (χ4v) is 3.66. The van der Waals surface area contributed by atoms with E-state index in [0.717, 1.165) is 55.5 Å². The number of guanidine groups is 1. The van der Waals surface area contributed by atoms with Gasteiger partial charge in [0, 0.05) is 38.3 Å². The first-order chi connectivity index (χ1) is 13.2. The summed E-state index contributed by atoms with van der Waals surface area (Å²) in [6, 6.07) is 0. The van der Waals surface area contributed by atoms with Crippen molar-refractivity contribution in [2.75, 3.05) is 45.8 Å². The van der Waals surface area contributed by atoms with Crippen LogP contribution in [-0.2, 0) is 6.42 Å². The van der Waals surface area contributed by atoms with E-state index in [-0.39, 0.29) is 5.92 Å². The summed E-state index contributed by atoms with van der Waals surface area (Å²) in [5.74, 6) is 1.87. The highest BCUT2D eigenvalue weighted by molar-refractivity contribution is 5.80. The van der Waals surface area contributed by atoms with E-state index >= 15 is 0 Å². The van der Waals surface area contributed by atoms with Crippen molar-refractivity contribution < 1.29 is 17.7 Å². The van der Waals surface area contributed by atoms with Crippen LogP contribution >= 0.6 is 0 Å². The minimum Gasteiger partial charge on any atom is -0.361 e. The molecule has 1 aliphatic rings. The first-order valence-electron chi connectivity index (χ1n) is 9.97. The van der Waals surface area contributed by atoms with Gasteiger partial charge in [-0.25, -0.2) is 0 Å². The average molecular weight is 403 g/mol. The molecule has 1 unspecified atom stereocenters. The van der Waals surface area contributed by atoms with Crippen molar-refractivity contribution in [3.8, 4) is 0 Å². The Labute approximate surface area is 165 Å². The summed E-state index contributed by atoms with van der Waals surface area (Å²) in [5, 5.41) is 7.27. The molecule has 0 bridgehead atoms. The predicted molar refractivity (Wildman–Crippen MR) is 104 cm³/mol. The van der Waals surface area contributed by atoms with Crippen molar-refractivity contribution in [2.24, 2.45) is 10.9 Å². The first-order valence-corrected chi connectivity index (χ1v) is 9.97. The van der Waals surface area contributed by atoms with Gasteiger partial charge in [-0.3, -0.25) is 9.89 Å². The fraction of sp³-hybridized carbons (Fsp3) is 0.789.